The summed E-state index contributed by atoms with van der Waals surface area (Å²) in [5, 5.41) is 3.37. The van der Waals surface area contributed by atoms with E-state index in [0.29, 0.717) is 39.2 Å². The molecular formula is C21H29N5O3. The number of ether oxygens (including phenoxy) is 1. The van der Waals surface area contributed by atoms with E-state index in [-0.39, 0.29) is 17.9 Å². The first kappa shape index (κ1) is 19.7. The zero-order valence-corrected chi connectivity index (χ0v) is 17.0. The predicted molar refractivity (Wildman–Crippen MR) is 111 cm³/mol. The first-order valence-corrected chi connectivity index (χ1v) is 10.4. The van der Waals surface area contributed by atoms with Crippen LogP contribution in [-0.4, -0.2) is 86.6 Å². The Morgan fingerprint density at radius 2 is 1.97 bits per heavy atom. The topological polar surface area (TPSA) is 77.5 Å². The van der Waals surface area contributed by atoms with Crippen molar-refractivity contribution < 1.29 is 14.3 Å². The van der Waals surface area contributed by atoms with Crippen LogP contribution < -0.4 is 10.2 Å². The third-order valence-electron chi connectivity index (χ3n) is 5.85. The molecule has 8 nitrogen and oxygen atoms in total. The molecule has 1 unspecified atom stereocenters. The van der Waals surface area contributed by atoms with Gasteiger partial charge in [0, 0.05) is 58.6 Å². The van der Waals surface area contributed by atoms with E-state index in [0.717, 1.165) is 43.1 Å². The Labute approximate surface area is 171 Å². The maximum absolute atomic E-state index is 12.5. The van der Waals surface area contributed by atoms with Crippen LogP contribution in [0.4, 0.5) is 5.69 Å². The van der Waals surface area contributed by atoms with Gasteiger partial charge in [0.15, 0.2) is 5.96 Å². The van der Waals surface area contributed by atoms with Crippen molar-refractivity contribution in [1.82, 2.24) is 15.1 Å². The number of guanidine groups is 1. The molecule has 8 heteroatoms. The minimum atomic E-state index is -0.250. The lowest BCUT2D eigenvalue weighted by Gasteiger charge is -2.37. The highest BCUT2D eigenvalue weighted by Crippen LogP contribution is 2.27. The molecule has 29 heavy (non-hydrogen) atoms. The molecule has 3 heterocycles. The Balaban J connectivity index is 1.25. The van der Waals surface area contributed by atoms with Crippen LogP contribution in [0.2, 0.25) is 0 Å². The molecule has 156 valence electrons. The fourth-order valence-corrected chi connectivity index (χ4v) is 4.29. The van der Waals surface area contributed by atoms with E-state index < -0.39 is 0 Å². The first-order valence-electron chi connectivity index (χ1n) is 10.4. The molecule has 3 aliphatic heterocycles. The van der Waals surface area contributed by atoms with Crippen molar-refractivity contribution in [3.8, 4) is 0 Å². The van der Waals surface area contributed by atoms with Crippen LogP contribution in [0.3, 0.4) is 0 Å². The Bertz CT molecular complexity index is 782. The number of piperazine rings is 1. The van der Waals surface area contributed by atoms with Crippen LogP contribution in [0.15, 0.2) is 29.3 Å². The molecule has 0 radical (unpaired) electrons. The number of carbonyl (C=O) groups excluding carboxylic acids is 2. The molecular weight excluding hydrogens is 370 g/mol. The monoisotopic (exact) mass is 399 g/mol. The van der Waals surface area contributed by atoms with Crippen LogP contribution in [0.1, 0.15) is 18.4 Å². The number of para-hydroxylation sites is 1. The molecule has 2 fully saturated rings. The molecule has 2 saturated heterocycles. The summed E-state index contributed by atoms with van der Waals surface area (Å²) >= 11 is 0. The molecule has 1 atom stereocenters. The number of fused-ring (bicyclic) bond motifs is 1. The zero-order chi connectivity index (χ0) is 20.2. The number of carbonyl (C=O) groups is 2. The summed E-state index contributed by atoms with van der Waals surface area (Å²) in [7, 11) is 1.77. The van der Waals surface area contributed by atoms with E-state index in [2.05, 4.69) is 15.2 Å². The van der Waals surface area contributed by atoms with Crippen molar-refractivity contribution in [2.24, 2.45) is 4.99 Å². The van der Waals surface area contributed by atoms with Crippen LogP contribution in [0, 0.1) is 0 Å². The molecule has 3 aliphatic rings. The third kappa shape index (κ3) is 4.22. The van der Waals surface area contributed by atoms with Gasteiger partial charge in [-0.15, -0.1) is 0 Å². The summed E-state index contributed by atoms with van der Waals surface area (Å²) in [5.74, 6) is 1.08. The largest absolute Gasteiger partial charge is 0.368 e. The van der Waals surface area contributed by atoms with Gasteiger partial charge in [0.05, 0.1) is 6.42 Å². The van der Waals surface area contributed by atoms with Crippen LogP contribution in [0.25, 0.3) is 0 Å². The third-order valence-corrected chi connectivity index (χ3v) is 5.85. The zero-order valence-electron chi connectivity index (χ0n) is 17.0. The van der Waals surface area contributed by atoms with Crippen molar-refractivity contribution in [2.45, 2.75) is 25.4 Å². The Morgan fingerprint density at radius 1 is 1.21 bits per heavy atom. The van der Waals surface area contributed by atoms with Crippen molar-refractivity contribution in [1.29, 1.82) is 0 Å². The second-order valence-corrected chi connectivity index (χ2v) is 7.64. The second-order valence-electron chi connectivity index (χ2n) is 7.64. The minimum absolute atomic E-state index is 0.122. The fourth-order valence-electron chi connectivity index (χ4n) is 4.29. The second kappa shape index (κ2) is 8.82. The SMILES string of the molecule is CN=C(NCCN1C(=O)Cc2ccccc21)N1CCN(C(=O)C2CCCO2)CC1. The van der Waals surface area contributed by atoms with Gasteiger partial charge < -0.3 is 24.8 Å². The van der Waals surface area contributed by atoms with Gasteiger partial charge in [-0.05, 0) is 24.5 Å². The molecule has 0 spiro atoms. The standard InChI is InChI=1S/C21H29N5O3/c1-22-21(23-8-9-26-17-6-3-2-5-16(17)15-19(26)27)25-12-10-24(11-13-25)20(28)18-7-4-14-29-18/h2-3,5-6,18H,4,7-15H2,1H3,(H,22,23). The number of nitrogens with zero attached hydrogens (tertiary/aromatic N) is 4. The molecule has 0 saturated carbocycles. The van der Waals surface area contributed by atoms with Crippen LogP contribution in [0.5, 0.6) is 0 Å². The normalized spacial score (nSPS) is 22.2. The van der Waals surface area contributed by atoms with Crippen molar-refractivity contribution >= 4 is 23.5 Å². The van der Waals surface area contributed by atoms with Gasteiger partial charge >= 0.3 is 0 Å². The summed E-state index contributed by atoms with van der Waals surface area (Å²) in [5.41, 5.74) is 2.10. The summed E-state index contributed by atoms with van der Waals surface area (Å²) < 4.78 is 5.53. The number of nitrogens with one attached hydrogen (secondary N) is 1. The number of aliphatic imine (C=N–C) groups is 1. The summed E-state index contributed by atoms with van der Waals surface area (Å²) in [4.78, 5) is 35.1. The summed E-state index contributed by atoms with van der Waals surface area (Å²) in [6.07, 6.45) is 2.03. The molecule has 1 aromatic rings. The smallest absolute Gasteiger partial charge is 0.251 e. The van der Waals surface area contributed by atoms with Gasteiger partial charge in [-0.25, -0.2) is 0 Å². The van der Waals surface area contributed by atoms with Gasteiger partial charge in [0.1, 0.15) is 6.10 Å². The lowest BCUT2D eigenvalue weighted by Crippen LogP contribution is -2.55. The number of anilines is 1. The highest BCUT2D eigenvalue weighted by atomic mass is 16.5. The Kier molecular flexibility index (Phi) is 5.99. The average Bonchev–Trinajstić information content (AvgIpc) is 3.39. The van der Waals surface area contributed by atoms with E-state index in [4.69, 9.17) is 4.74 Å². The lowest BCUT2D eigenvalue weighted by atomic mass is 10.2. The van der Waals surface area contributed by atoms with Crippen LogP contribution in [-0.2, 0) is 20.7 Å². The van der Waals surface area contributed by atoms with E-state index in [1.165, 1.54) is 0 Å². The van der Waals surface area contributed by atoms with Gasteiger partial charge in [-0.2, -0.15) is 0 Å². The molecule has 2 amide bonds. The van der Waals surface area contributed by atoms with Crippen molar-refractivity contribution in [3.63, 3.8) is 0 Å². The molecule has 4 rings (SSSR count). The van der Waals surface area contributed by atoms with Crippen molar-refractivity contribution in [3.05, 3.63) is 29.8 Å². The summed E-state index contributed by atoms with van der Waals surface area (Å²) in [6.45, 7) is 4.76. The molecule has 1 aromatic carbocycles. The van der Waals surface area contributed by atoms with E-state index in [1.807, 2.05) is 34.1 Å². The number of rotatable bonds is 4. The number of amides is 2. The molecule has 0 bridgehead atoms. The Morgan fingerprint density at radius 3 is 2.69 bits per heavy atom. The Hall–Kier alpha value is -2.61. The highest BCUT2D eigenvalue weighted by molar-refractivity contribution is 6.01. The predicted octanol–water partition coefficient (Wildman–Crippen LogP) is 0.474. The lowest BCUT2D eigenvalue weighted by molar-refractivity contribution is -0.142. The number of hydrogen-bond acceptors (Lipinski definition) is 4. The maximum atomic E-state index is 12.5. The van der Waals surface area contributed by atoms with E-state index in [9.17, 15) is 9.59 Å². The molecule has 1 N–H and O–H groups in total. The van der Waals surface area contributed by atoms with Gasteiger partial charge in [0.25, 0.3) is 5.91 Å². The van der Waals surface area contributed by atoms with Gasteiger partial charge in [-0.3, -0.25) is 14.6 Å². The molecule has 0 aromatic heterocycles. The van der Waals surface area contributed by atoms with Gasteiger partial charge in [0.2, 0.25) is 5.91 Å². The minimum Gasteiger partial charge on any atom is -0.368 e. The highest BCUT2D eigenvalue weighted by Gasteiger charge is 2.31. The van der Waals surface area contributed by atoms with Gasteiger partial charge in [-0.1, -0.05) is 18.2 Å². The quantitative estimate of drug-likeness (QED) is 0.589. The molecule has 0 aliphatic carbocycles. The maximum Gasteiger partial charge on any atom is 0.251 e. The number of hydrogen-bond donors (Lipinski definition) is 1. The first-order chi connectivity index (χ1) is 14.2. The fraction of sp³-hybridized carbons (Fsp3) is 0.571. The summed E-state index contributed by atoms with van der Waals surface area (Å²) in [6, 6.07) is 7.95. The van der Waals surface area contributed by atoms with Crippen LogP contribution >= 0.6 is 0 Å². The van der Waals surface area contributed by atoms with Crippen molar-refractivity contribution in [2.75, 3.05) is 57.8 Å². The van der Waals surface area contributed by atoms with E-state index >= 15 is 0 Å². The van der Waals surface area contributed by atoms with E-state index in [1.54, 1.807) is 7.05 Å². The average molecular weight is 399 g/mol. The number of benzene rings is 1.